The average Bonchev–Trinajstić information content (AvgIpc) is 3.24. The Morgan fingerprint density at radius 3 is 2.70 bits per heavy atom. The summed E-state index contributed by atoms with van der Waals surface area (Å²) in [7, 11) is 0. The number of anilines is 1. The van der Waals surface area contributed by atoms with Gasteiger partial charge in [-0.3, -0.25) is 14.6 Å². The van der Waals surface area contributed by atoms with Crippen LogP contribution < -0.4 is 5.32 Å². The van der Waals surface area contributed by atoms with Crippen molar-refractivity contribution in [2.24, 2.45) is 4.99 Å². The molecule has 0 radical (unpaired) electrons. The molecule has 1 aliphatic heterocycles. The summed E-state index contributed by atoms with van der Waals surface area (Å²) in [5.41, 5.74) is 1.17. The fourth-order valence-corrected chi connectivity index (χ4v) is 4.71. The molecule has 0 saturated carbocycles. The average molecular weight is 447 g/mol. The summed E-state index contributed by atoms with van der Waals surface area (Å²) in [6, 6.07) is 10.7. The van der Waals surface area contributed by atoms with Crippen LogP contribution in [-0.2, 0) is 15.3 Å². The third-order valence-corrected chi connectivity index (χ3v) is 6.37. The van der Waals surface area contributed by atoms with Gasteiger partial charge < -0.3 is 10.1 Å². The molecule has 1 N–H and O–H groups in total. The van der Waals surface area contributed by atoms with Crippen molar-refractivity contribution < 1.29 is 23.5 Å². The van der Waals surface area contributed by atoms with Crippen molar-refractivity contribution in [1.29, 1.82) is 0 Å². The van der Waals surface area contributed by atoms with E-state index in [2.05, 4.69) is 10.3 Å². The molecule has 0 spiro atoms. The molecular formula is C21H19FN2O4S2. The first-order valence-corrected chi connectivity index (χ1v) is 11.1. The quantitative estimate of drug-likeness (QED) is 0.508. The van der Waals surface area contributed by atoms with Gasteiger partial charge in [0.25, 0.3) is 0 Å². The highest BCUT2D eigenvalue weighted by Gasteiger charge is 2.18. The summed E-state index contributed by atoms with van der Waals surface area (Å²) in [4.78, 5) is 40.2. The number of ketones is 1. The maximum Gasteiger partial charge on any atom is 0.338 e. The van der Waals surface area contributed by atoms with Crippen LogP contribution in [0.1, 0.15) is 33.2 Å². The third-order valence-electron chi connectivity index (χ3n) is 4.07. The normalized spacial score (nSPS) is 12.9. The minimum atomic E-state index is -0.797. The number of halogens is 1. The smallest absolute Gasteiger partial charge is 0.338 e. The Balaban J connectivity index is 1.61. The van der Waals surface area contributed by atoms with E-state index in [1.165, 1.54) is 19.1 Å². The first-order valence-electron chi connectivity index (χ1n) is 9.09. The molecule has 1 amide bonds. The minimum absolute atomic E-state index is 0.211. The summed E-state index contributed by atoms with van der Waals surface area (Å²) in [5, 5.41) is 2.43. The SMILES string of the molecule is CC(=O)Nc1ccc(C(=O)COC(=O)c2ccccc2CSC2=NCCS2)c(F)c1. The summed E-state index contributed by atoms with van der Waals surface area (Å²) >= 11 is 3.24. The second-order valence-corrected chi connectivity index (χ2v) is 8.62. The molecule has 2 aromatic rings. The number of ether oxygens (including phenoxy) is 1. The number of hydrogen-bond acceptors (Lipinski definition) is 7. The van der Waals surface area contributed by atoms with E-state index in [9.17, 15) is 18.8 Å². The molecule has 6 nitrogen and oxygen atoms in total. The third kappa shape index (κ3) is 5.93. The number of carbonyl (C=O) groups excluding carboxylic acids is 3. The van der Waals surface area contributed by atoms with Gasteiger partial charge in [-0.1, -0.05) is 41.7 Å². The topological polar surface area (TPSA) is 84.8 Å². The van der Waals surface area contributed by atoms with Gasteiger partial charge in [-0.2, -0.15) is 0 Å². The van der Waals surface area contributed by atoms with Crippen LogP contribution in [0.2, 0.25) is 0 Å². The van der Waals surface area contributed by atoms with Crippen molar-refractivity contribution in [2.45, 2.75) is 12.7 Å². The first kappa shape index (κ1) is 22.0. The lowest BCUT2D eigenvalue weighted by Gasteiger charge is -2.10. The van der Waals surface area contributed by atoms with Gasteiger partial charge in [-0.15, -0.1) is 0 Å². The molecule has 3 rings (SSSR count). The van der Waals surface area contributed by atoms with Crippen molar-refractivity contribution >= 4 is 51.2 Å². The van der Waals surface area contributed by atoms with E-state index in [0.29, 0.717) is 11.3 Å². The molecule has 0 atom stereocenters. The van der Waals surface area contributed by atoms with Crippen molar-refractivity contribution in [2.75, 3.05) is 24.2 Å². The predicted molar refractivity (Wildman–Crippen MR) is 118 cm³/mol. The monoisotopic (exact) mass is 446 g/mol. The molecule has 0 fully saturated rings. The molecular weight excluding hydrogens is 427 g/mol. The maximum atomic E-state index is 14.2. The number of benzene rings is 2. The molecule has 9 heteroatoms. The number of amides is 1. The number of esters is 1. The number of nitrogens with zero attached hydrogens (tertiary/aromatic N) is 1. The Kier molecular flexibility index (Phi) is 7.64. The van der Waals surface area contributed by atoms with Crippen LogP contribution in [0, 0.1) is 5.82 Å². The Morgan fingerprint density at radius 1 is 1.20 bits per heavy atom. The number of carbonyl (C=O) groups is 3. The van der Waals surface area contributed by atoms with Gasteiger partial charge in [-0.25, -0.2) is 9.18 Å². The van der Waals surface area contributed by atoms with Crippen LogP contribution in [0.4, 0.5) is 10.1 Å². The first-order chi connectivity index (χ1) is 14.4. The summed E-state index contributed by atoms with van der Waals surface area (Å²) in [6.07, 6.45) is 0. The summed E-state index contributed by atoms with van der Waals surface area (Å²) in [6.45, 7) is 1.52. The summed E-state index contributed by atoms with van der Waals surface area (Å²) in [5.74, 6) is -0.928. The van der Waals surface area contributed by atoms with E-state index in [1.54, 1.807) is 35.7 Å². The van der Waals surface area contributed by atoms with E-state index in [-0.39, 0.29) is 17.2 Å². The Hall–Kier alpha value is -2.65. The predicted octanol–water partition coefficient (Wildman–Crippen LogP) is 4.16. The minimum Gasteiger partial charge on any atom is -0.454 e. The molecule has 0 unspecified atom stereocenters. The van der Waals surface area contributed by atoms with Crippen LogP contribution in [-0.4, -0.2) is 40.9 Å². The largest absolute Gasteiger partial charge is 0.454 e. The highest BCUT2D eigenvalue weighted by atomic mass is 32.2. The maximum absolute atomic E-state index is 14.2. The number of hydrogen-bond donors (Lipinski definition) is 1. The van der Waals surface area contributed by atoms with E-state index >= 15 is 0 Å². The Morgan fingerprint density at radius 2 is 2.00 bits per heavy atom. The molecule has 0 aliphatic carbocycles. The van der Waals surface area contributed by atoms with E-state index in [4.69, 9.17) is 4.74 Å². The van der Waals surface area contributed by atoms with E-state index < -0.39 is 24.2 Å². The van der Waals surface area contributed by atoms with Crippen molar-refractivity contribution in [3.63, 3.8) is 0 Å². The van der Waals surface area contributed by atoms with Crippen molar-refractivity contribution in [3.05, 3.63) is 65.0 Å². The van der Waals surface area contributed by atoms with Gasteiger partial charge in [0.05, 0.1) is 17.7 Å². The van der Waals surface area contributed by atoms with Crippen LogP contribution in [0.3, 0.4) is 0 Å². The van der Waals surface area contributed by atoms with Gasteiger partial charge in [-0.05, 0) is 29.8 Å². The molecule has 0 bridgehead atoms. The molecule has 2 aromatic carbocycles. The molecule has 0 saturated heterocycles. The van der Waals surface area contributed by atoms with Crippen LogP contribution >= 0.6 is 23.5 Å². The van der Waals surface area contributed by atoms with Gasteiger partial charge in [0.15, 0.2) is 6.61 Å². The number of nitrogens with one attached hydrogen (secondary N) is 1. The Bertz CT molecular complexity index is 1010. The van der Waals surface area contributed by atoms with Gasteiger partial charge in [0.2, 0.25) is 11.7 Å². The second-order valence-electron chi connectivity index (χ2n) is 6.32. The van der Waals surface area contributed by atoms with Crippen molar-refractivity contribution in [3.8, 4) is 0 Å². The van der Waals surface area contributed by atoms with E-state index in [1.807, 2.05) is 12.1 Å². The van der Waals surface area contributed by atoms with Gasteiger partial charge >= 0.3 is 5.97 Å². The number of aliphatic imine (C=N–C) groups is 1. The highest BCUT2D eigenvalue weighted by Crippen LogP contribution is 2.26. The number of thioether (sulfide) groups is 2. The summed E-state index contributed by atoms with van der Waals surface area (Å²) < 4.78 is 20.3. The molecule has 0 aromatic heterocycles. The zero-order valence-corrected chi connectivity index (χ0v) is 17.8. The van der Waals surface area contributed by atoms with Crippen molar-refractivity contribution in [1.82, 2.24) is 0 Å². The number of Topliss-reactive ketones (excluding diaryl/α,β-unsaturated/α-hetero) is 1. The van der Waals surface area contributed by atoms with Crippen LogP contribution in [0.5, 0.6) is 0 Å². The lowest BCUT2D eigenvalue weighted by atomic mass is 10.1. The standard InChI is InChI=1S/C21H19FN2O4S2/c1-13(25)24-15-6-7-17(18(22)10-15)19(26)11-28-20(27)16-5-3-2-4-14(16)12-30-21-23-8-9-29-21/h2-7,10H,8-9,11-12H2,1H3,(H,24,25). The lowest BCUT2D eigenvalue weighted by Crippen LogP contribution is -2.16. The zero-order valence-electron chi connectivity index (χ0n) is 16.1. The fraction of sp³-hybridized carbons (Fsp3) is 0.238. The second kappa shape index (κ2) is 10.4. The number of rotatable bonds is 7. The van der Waals surface area contributed by atoms with Gasteiger partial charge in [0.1, 0.15) is 10.2 Å². The van der Waals surface area contributed by atoms with Crippen LogP contribution in [0.25, 0.3) is 0 Å². The molecule has 30 heavy (non-hydrogen) atoms. The molecule has 1 aliphatic rings. The fourth-order valence-electron chi connectivity index (χ4n) is 2.70. The molecule has 156 valence electrons. The van der Waals surface area contributed by atoms with E-state index in [0.717, 1.165) is 28.3 Å². The Labute approximate surface area is 181 Å². The molecule has 1 heterocycles. The van der Waals surface area contributed by atoms with Gasteiger partial charge in [0, 0.05) is 24.1 Å². The van der Waals surface area contributed by atoms with Crippen LogP contribution in [0.15, 0.2) is 47.5 Å². The lowest BCUT2D eigenvalue weighted by molar-refractivity contribution is -0.114. The highest BCUT2D eigenvalue weighted by molar-refractivity contribution is 8.38. The zero-order chi connectivity index (χ0) is 21.5.